The molecule has 5 heteroatoms. The zero-order valence-electron chi connectivity index (χ0n) is 8.84. The molecule has 1 aromatic rings. The molecule has 2 N–H and O–H groups in total. The fourth-order valence-electron chi connectivity index (χ4n) is 1.21. The maximum atomic E-state index is 11.9. The highest BCUT2D eigenvalue weighted by molar-refractivity contribution is 14.1. The van der Waals surface area contributed by atoms with Crippen LogP contribution in [0.25, 0.3) is 0 Å². The number of nitrogens with one attached hydrogen (secondary N) is 1. The Morgan fingerprint density at radius 2 is 2.31 bits per heavy atom. The quantitative estimate of drug-likeness (QED) is 0.767. The van der Waals surface area contributed by atoms with E-state index in [-0.39, 0.29) is 18.6 Å². The van der Waals surface area contributed by atoms with Gasteiger partial charge in [0.15, 0.2) is 0 Å². The van der Waals surface area contributed by atoms with Crippen LogP contribution in [0.5, 0.6) is 0 Å². The van der Waals surface area contributed by atoms with E-state index in [0.717, 1.165) is 8.04 Å². The molecule has 0 aromatic heterocycles. The smallest absolute Gasteiger partial charge is 0.252 e. The number of hydrogen-bond acceptors (Lipinski definition) is 2. The molecule has 1 rings (SSSR count). The van der Waals surface area contributed by atoms with E-state index >= 15 is 0 Å². The molecule has 0 aliphatic heterocycles. The van der Waals surface area contributed by atoms with E-state index in [1.807, 2.05) is 19.1 Å². The monoisotopic (exact) mass is 397 g/mol. The van der Waals surface area contributed by atoms with Crippen molar-refractivity contribution in [3.05, 3.63) is 31.8 Å². The van der Waals surface area contributed by atoms with Gasteiger partial charge in [0.05, 0.1) is 18.2 Å². The van der Waals surface area contributed by atoms with Crippen LogP contribution in [0.15, 0.2) is 22.7 Å². The predicted molar refractivity (Wildman–Crippen MR) is 75.5 cm³/mol. The lowest BCUT2D eigenvalue weighted by Crippen LogP contribution is -2.37. The summed E-state index contributed by atoms with van der Waals surface area (Å²) < 4.78 is 1.77. The molecule has 0 spiro atoms. The molecule has 0 radical (unpaired) electrons. The molecule has 0 aliphatic carbocycles. The normalized spacial score (nSPS) is 12.2. The minimum Gasteiger partial charge on any atom is -0.394 e. The molecule has 3 nitrogen and oxygen atoms in total. The van der Waals surface area contributed by atoms with Gasteiger partial charge in [-0.3, -0.25) is 4.79 Å². The van der Waals surface area contributed by atoms with Gasteiger partial charge in [0.1, 0.15) is 0 Å². The SMILES string of the molecule is CC[C@@H](CO)NC(=O)c1cc(Br)ccc1I. The van der Waals surface area contributed by atoms with Gasteiger partial charge < -0.3 is 10.4 Å². The molecule has 0 saturated heterocycles. The standard InChI is InChI=1S/C11H13BrINO2/c1-2-8(6-15)14-11(16)9-5-7(12)3-4-10(9)13/h3-5,8,15H,2,6H2,1H3,(H,14,16)/t8-/m0/s1. The molecule has 1 amide bonds. The van der Waals surface area contributed by atoms with Gasteiger partial charge in [-0.2, -0.15) is 0 Å². The van der Waals surface area contributed by atoms with Crippen LogP contribution in [0, 0.1) is 3.57 Å². The summed E-state index contributed by atoms with van der Waals surface area (Å²) in [6.07, 6.45) is 0.715. The Morgan fingerprint density at radius 1 is 1.62 bits per heavy atom. The van der Waals surface area contributed by atoms with Gasteiger partial charge >= 0.3 is 0 Å². The van der Waals surface area contributed by atoms with E-state index in [0.29, 0.717) is 12.0 Å². The number of aliphatic hydroxyl groups excluding tert-OH is 1. The molecular formula is C11H13BrINO2. The van der Waals surface area contributed by atoms with E-state index in [9.17, 15) is 4.79 Å². The second kappa shape index (κ2) is 6.56. The van der Waals surface area contributed by atoms with Crippen molar-refractivity contribution in [2.24, 2.45) is 0 Å². The van der Waals surface area contributed by atoms with Crippen LogP contribution in [-0.2, 0) is 0 Å². The average molecular weight is 398 g/mol. The van der Waals surface area contributed by atoms with Crippen molar-refractivity contribution in [3.63, 3.8) is 0 Å². The van der Waals surface area contributed by atoms with Crippen molar-refractivity contribution in [2.75, 3.05) is 6.61 Å². The number of hydrogen-bond donors (Lipinski definition) is 2. The van der Waals surface area contributed by atoms with Crippen molar-refractivity contribution < 1.29 is 9.90 Å². The van der Waals surface area contributed by atoms with Crippen molar-refractivity contribution in [3.8, 4) is 0 Å². The highest BCUT2D eigenvalue weighted by Gasteiger charge is 2.14. The third-order valence-corrected chi connectivity index (χ3v) is 3.66. The zero-order chi connectivity index (χ0) is 12.1. The summed E-state index contributed by atoms with van der Waals surface area (Å²) in [7, 11) is 0. The first-order valence-electron chi connectivity index (χ1n) is 4.95. The maximum Gasteiger partial charge on any atom is 0.252 e. The number of benzene rings is 1. The van der Waals surface area contributed by atoms with Crippen LogP contribution in [0.2, 0.25) is 0 Å². The number of halogens is 2. The summed E-state index contributed by atoms with van der Waals surface area (Å²) in [5, 5.41) is 11.8. The lowest BCUT2D eigenvalue weighted by molar-refractivity contribution is 0.0914. The lowest BCUT2D eigenvalue weighted by atomic mass is 10.2. The Bertz CT molecular complexity index is 380. The summed E-state index contributed by atoms with van der Waals surface area (Å²) in [6, 6.07) is 5.37. The number of aliphatic hydroxyl groups is 1. The van der Waals surface area contributed by atoms with E-state index in [2.05, 4.69) is 43.8 Å². The van der Waals surface area contributed by atoms with Crippen molar-refractivity contribution in [1.82, 2.24) is 5.32 Å². The molecule has 0 aliphatic rings. The van der Waals surface area contributed by atoms with Crippen molar-refractivity contribution in [2.45, 2.75) is 19.4 Å². The molecule has 0 saturated carbocycles. The molecule has 88 valence electrons. The Morgan fingerprint density at radius 3 is 2.88 bits per heavy atom. The van der Waals surface area contributed by atoms with E-state index in [1.165, 1.54) is 0 Å². The fraction of sp³-hybridized carbons (Fsp3) is 0.364. The summed E-state index contributed by atoms with van der Waals surface area (Å²) in [6.45, 7) is 1.89. The summed E-state index contributed by atoms with van der Waals surface area (Å²) in [5.41, 5.74) is 0.627. The van der Waals surface area contributed by atoms with Crippen LogP contribution < -0.4 is 5.32 Å². The Balaban J connectivity index is 2.83. The zero-order valence-corrected chi connectivity index (χ0v) is 12.6. The maximum absolute atomic E-state index is 11.9. The van der Waals surface area contributed by atoms with Gasteiger partial charge in [-0.15, -0.1) is 0 Å². The summed E-state index contributed by atoms with van der Waals surface area (Å²) >= 11 is 5.45. The molecule has 0 fully saturated rings. The fourth-order valence-corrected chi connectivity index (χ4v) is 2.15. The predicted octanol–water partition coefficient (Wildman–Crippen LogP) is 2.55. The van der Waals surface area contributed by atoms with Crippen molar-refractivity contribution in [1.29, 1.82) is 0 Å². The summed E-state index contributed by atoms with van der Waals surface area (Å²) in [5.74, 6) is -0.147. The van der Waals surface area contributed by atoms with Crippen LogP contribution in [0.3, 0.4) is 0 Å². The Hall–Kier alpha value is -0.140. The lowest BCUT2D eigenvalue weighted by Gasteiger charge is -2.14. The first kappa shape index (κ1) is 13.9. The Labute approximate surface area is 117 Å². The van der Waals surface area contributed by atoms with Gasteiger partial charge in [-0.1, -0.05) is 22.9 Å². The molecule has 0 unspecified atom stereocenters. The minimum atomic E-state index is -0.178. The molecular weight excluding hydrogens is 385 g/mol. The van der Waals surface area contributed by atoms with E-state index in [1.54, 1.807) is 6.07 Å². The van der Waals surface area contributed by atoms with Crippen LogP contribution in [0.1, 0.15) is 23.7 Å². The molecule has 0 heterocycles. The number of rotatable bonds is 4. The van der Waals surface area contributed by atoms with E-state index in [4.69, 9.17) is 5.11 Å². The van der Waals surface area contributed by atoms with E-state index < -0.39 is 0 Å². The van der Waals surface area contributed by atoms with Gasteiger partial charge in [-0.25, -0.2) is 0 Å². The van der Waals surface area contributed by atoms with Gasteiger partial charge in [0.2, 0.25) is 0 Å². The molecule has 0 bridgehead atoms. The van der Waals surface area contributed by atoms with Crippen LogP contribution in [-0.4, -0.2) is 23.7 Å². The van der Waals surface area contributed by atoms with Crippen LogP contribution >= 0.6 is 38.5 Å². The van der Waals surface area contributed by atoms with Crippen molar-refractivity contribution >= 4 is 44.4 Å². The first-order chi connectivity index (χ1) is 7.58. The first-order valence-corrected chi connectivity index (χ1v) is 6.82. The third kappa shape index (κ3) is 3.71. The summed E-state index contributed by atoms with van der Waals surface area (Å²) in [4.78, 5) is 11.9. The number of carbonyl (C=O) groups excluding carboxylic acids is 1. The third-order valence-electron chi connectivity index (χ3n) is 2.22. The second-order valence-electron chi connectivity index (χ2n) is 3.39. The largest absolute Gasteiger partial charge is 0.394 e. The molecule has 1 aromatic carbocycles. The minimum absolute atomic E-state index is 0.0349. The highest BCUT2D eigenvalue weighted by atomic mass is 127. The molecule has 1 atom stereocenters. The Kier molecular flexibility index (Phi) is 5.71. The van der Waals surface area contributed by atoms with Gasteiger partial charge in [0.25, 0.3) is 5.91 Å². The number of carbonyl (C=O) groups is 1. The highest BCUT2D eigenvalue weighted by Crippen LogP contribution is 2.18. The van der Waals surface area contributed by atoms with Gasteiger partial charge in [-0.05, 0) is 47.2 Å². The number of amides is 1. The van der Waals surface area contributed by atoms with Crippen LogP contribution in [0.4, 0.5) is 0 Å². The second-order valence-corrected chi connectivity index (χ2v) is 5.46. The topological polar surface area (TPSA) is 49.3 Å². The molecule has 16 heavy (non-hydrogen) atoms. The average Bonchev–Trinajstić information content (AvgIpc) is 2.28. The van der Waals surface area contributed by atoms with Gasteiger partial charge in [0, 0.05) is 8.04 Å².